The van der Waals surface area contributed by atoms with E-state index in [4.69, 9.17) is 9.68 Å². The summed E-state index contributed by atoms with van der Waals surface area (Å²) in [5.74, 6) is -7.47. The average molecular weight is 407 g/mol. The van der Waals surface area contributed by atoms with Crippen LogP contribution in [0.15, 0.2) is 40.5 Å². The van der Waals surface area contributed by atoms with Crippen molar-refractivity contribution >= 4 is 29.5 Å². The van der Waals surface area contributed by atoms with Crippen LogP contribution < -0.4 is 10.6 Å². The first kappa shape index (κ1) is 21.2. The van der Waals surface area contributed by atoms with E-state index < -0.39 is 59.6 Å². The van der Waals surface area contributed by atoms with Gasteiger partial charge in [-0.05, 0) is 24.3 Å². The molecule has 2 rings (SSSR count). The summed E-state index contributed by atoms with van der Waals surface area (Å²) in [7, 11) is 0. The molecule has 11 heteroatoms. The molecule has 8 nitrogen and oxygen atoms in total. The number of esters is 1. The van der Waals surface area contributed by atoms with Gasteiger partial charge < -0.3 is 19.8 Å². The lowest BCUT2D eigenvalue weighted by atomic mass is 10.2. The maximum absolute atomic E-state index is 13.5. The molecule has 0 aliphatic rings. The van der Waals surface area contributed by atoms with Crippen LogP contribution in [-0.2, 0) is 19.1 Å². The molecule has 1 aromatic carbocycles. The highest BCUT2D eigenvalue weighted by Crippen LogP contribution is 2.19. The first-order valence-electron chi connectivity index (χ1n) is 7.84. The largest absolute Gasteiger partial charge is 0.465 e. The Morgan fingerprint density at radius 3 is 2.55 bits per heavy atom. The Balaban J connectivity index is 1.81. The van der Waals surface area contributed by atoms with Gasteiger partial charge in [0.05, 0.1) is 18.5 Å². The minimum absolute atomic E-state index is 0.226. The first-order valence-corrected chi connectivity index (χ1v) is 7.84. The third kappa shape index (κ3) is 5.96. The topological polar surface area (TPSA) is 121 Å². The number of amides is 2. The van der Waals surface area contributed by atoms with Gasteiger partial charge in [-0.2, -0.15) is 5.26 Å². The van der Waals surface area contributed by atoms with E-state index in [1.807, 2.05) is 5.32 Å². The fourth-order valence-electron chi connectivity index (χ4n) is 1.91. The second-order valence-corrected chi connectivity index (χ2v) is 5.31. The van der Waals surface area contributed by atoms with Crippen LogP contribution in [0.25, 0.3) is 6.08 Å². The third-order valence-corrected chi connectivity index (χ3v) is 3.26. The van der Waals surface area contributed by atoms with Gasteiger partial charge in [-0.15, -0.1) is 0 Å². The predicted octanol–water partition coefficient (Wildman–Crippen LogP) is 1.90. The number of carbonyl (C=O) groups is 3. The Morgan fingerprint density at radius 1 is 1.14 bits per heavy atom. The molecule has 0 unspecified atom stereocenters. The number of halogens is 3. The van der Waals surface area contributed by atoms with Crippen LogP contribution in [0.1, 0.15) is 5.76 Å². The minimum atomic E-state index is -1.75. The second-order valence-electron chi connectivity index (χ2n) is 5.31. The number of furan rings is 1. The average Bonchev–Trinajstić information content (AvgIpc) is 3.22. The van der Waals surface area contributed by atoms with Gasteiger partial charge in [0.1, 0.15) is 17.4 Å². The van der Waals surface area contributed by atoms with E-state index in [1.165, 1.54) is 18.4 Å². The van der Waals surface area contributed by atoms with Crippen molar-refractivity contribution in [3.8, 4) is 6.07 Å². The Bertz CT molecular complexity index is 997. The molecule has 0 bridgehead atoms. The van der Waals surface area contributed by atoms with E-state index in [0.717, 1.165) is 12.1 Å². The Labute approximate surface area is 161 Å². The molecule has 0 saturated heterocycles. The van der Waals surface area contributed by atoms with Crippen LogP contribution in [0.5, 0.6) is 0 Å². The second kappa shape index (κ2) is 9.75. The van der Waals surface area contributed by atoms with Gasteiger partial charge in [0, 0.05) is 6.08 Å². The number of rotatable bonds is 7. The minimum Gasteiger partial charge on any atom is -0.465 e. The standard InChI is InChI=1S/C18H12F3N3O5/c19-12-3-4-13(17(21)16(12)20)24-14(25)8-23-15(26)9-29-18(27)10(7-22)6-11-2-1-5-28-11/h1-6H,8-9H2,(H,23,26)(H,24,25)/b10-6+. The number of nitrogens with zero attached hydrogens (tertiary/aromatic N) is 1. The number of benzene rings is 1. The summed E-state index contributed by atoms with van der Waals surface area (Å²) in [6.45, 7) is -1.47. The lowest BCUT2D eigenvalue weighted by Gasteiger charge is -2.08. The molecule has 0 atom stereocenters. The molecule has 2 aromatic rings. The van der Waals surface area contributed by atoms with Crippen molar-refractivity contribution in [1.82, 2.24) is 5.32 Å². The van der Waals surface area contributed by atoms with Crippen molar-refractivity contribution in [1.29, 1.82) is 5.26 Å². The number of anilines is 1. The van der Waals surface area contributed by atoms with Gasteiger partial charge in [-0.25, -0.2) is 18.0 Å². The summed E-state index contributed by atoms with van der Waals surface area (Å²) >= 11 is 0. The van der Waals surface area contributed by atoms with E-state index >= 15 is 0 Å². The molecular weight excluding hydrogens is 395 g/mol. The molecule has 0 aliphatic heterocycles. The van der Waals surface area contributed by atoms with E-state index in [9.17, 15) is 27.6 Å². The Kier molecular flexibility index (Phi) is 7.14. The molecule has 1 aromatic heterocycles. The number of hydrogen-bond acceptors (Lipinski definition) is 6. The first-order chi connectivity index (χ1) is 13.8. The number of carbonyl (C=O) groups excluding carboxylic acids is 3. The van der Waals surface area contributed by atoms with E-state index in [2.05, 4.69) is 10.1 Å². The Morgan fingerprint density at radius 2 is 1.90 bits per heavy atom. The number of ether oxygens (including phenoxy) is 1. The number of hydrogen-bond donors (Lipinski definition) is 2. The van der Waals surface area contributed by atoms with Crippen LogP contribution in [0.3, 0.4) is 0 Å². The molecule has 2 N–H and O–H groups in total. The molecular formula is C18H12F3N3O5. The van der Waals surface area contributed by atoms with Crippen molar-refractivity contribution in [2.45, 2.75) is 0 Å². The molecule has 0 spiro atoms. The fourth-order valence-corrected chi connectivity index (χ4v) is 1.91. The summed E-state index contributed by atoms with van der Waals surface area (Å²) in [5.41, 5.74) is -1.03. The molecule has 0 saturated carbocycles. The van der Waals surface area contributed by atoms with Gasteiger partial charge in [-0.3, -0.25) is 9.59 Å². The van der Waals surface area contributed by atoms with Gasteiger partial charge in [0.2, 0.25) is 5.91 Å². The van der Waals surface area contributed by atoms with Crippen LogP contribution in [-0.4, -0.2) is 30.9 Å². The number of nitrogens with one attached hydrogen (secondary N) is 2. The van der Waals surface area contributed by atoms with Crippen LogP contribution in [0, 0.1) is 28.8 Å². The van der Waals surface area contributed by atoms with Crippen LogP contribution in [0.2, 0.25) is 0 Å². The lowest BCUT2D eigenvalue weighted by molar-refractivity contribution is -0.144. The smallest absolute Gasteiger partial charge is 0.349 e. The zero-order valence-corrected chi connectivity index (χ0v) is 14.5. The SMILES string of the molecule is N#C/C(=C\c1ccco1)C(=O)OCC(=O)NCC(=O)Nc1ccc(F)c(F)c1F. The van der Waals surface area contributed by atoms with Crippen molar-refractivity contribution in [3.05, 3.63) is 59.3 Å². The zero-order chi connectivity index (χ0) is 21.4. The van der Waals surface area contributed by atoms with Crippen LogP contribution in [0.4, 0.5) is 18.9 Å². The summed E-state index contributed by atoms with van der Waals surface area (Å²) in [6, 6.07) is 6.05. The molecule has 150 valence electrons. The highest BCUT2D eigenvalue weighted by atomic mass is 19.2. The Hall–Kier alpha value is -4.07. The number of nitriles is 1. The molecule has 29 heavy (non-hydrogen) atoms. The van der Waals surface area contributed by atoms with Crippen molar-refractivity contribution in [2.75, 3.05) is 18.5 Å². The van der Waals surface area contributed by atoms with Gasteiger partial charge in [0.15, 0.2) is 24.1 Å². The molecule has 0 radical (unpaired) electrons. The lowest BCUT2D eigenvalue weighted by Crippen LogP contribution is -2.35. The fraction of sp³-hybridized carbons (Fsp3) is 0.111. The quantitative estimate of drug-likeness (QED) is 0.313. The molecule has 0 fully saturated rings. The summed E-state index contributed by atoms with van der Waals surface area (Å²) in [5, 5.41) is 13.0. The van der Waals surface area contributed by atoms with Gasteiger partial charge in [0.25, 0.3) is 5.91 Å². The van der Waals surface area contributed by atoms with Crippen molar-refractivity contribution in [3.63, 3.8) is 0 Å². The van der Waals surface area contributed by atoms with Crippen molar-refractivity contribution < 1.29 is 36.7 Å². The molecule has 2 amide bonds. The normalized spacial score (nSPS) is 10.8. The predicted molar refractivity (Wildman–Crippen MR) is 91.2 cm³/mol. The van der Waals surface area contributed by atoms with E-state index in [1.54, 1.807) is 6.07 Å². The monoisotopic (exact) mass is 407 g/mol. The zero-order valence-electron chi connectivity index (χ0n) is 14.5. The maximum Gasteiger partial charge on any atom is 0.349 e. The third-order valence-electron chi connectivity index (χ3n) is 3.26. The van der Waals surface area contributed by atoms with Crippen molar-refractivity contribution in [2.24, 2.45) is 0 Å². The van der Waals surface area contributed by atoms with E-state index in [0.29, 0.717) is 6.07 Å². The highest BCUT2D eigenvalue weighted by molar-refractivity contribution is 5.99. The van der Waals surface area contributed by atoms with Gasteiger partial charge in [-0.1, -0.05) is 0 Å². The van der Waals surface area contributed by atoms with Gasteiger partial charge >= 0.3 is 5.97 Å². The summed E-state index contributed by atoms with van der Waals surface area (Å²) in [6.07, 6.45) is 2.45. The molecule has 0 aliphatic carbocycles. The van der Waals surface area contributed by atoms with E-state index in [-0.39, 0.29) is 5.76 Å². The van der Waals surface area contributed by atoms with Crippen LogP contribution >= 0.6 is 0 Å². The molecule has 1 heterocycles. The summed E-state index contributed by atoms with van der Waals surface area (Å²) in [4.78, 5) is 35.0. The maximum atomic E-state index is 13.5. The summed E-state index contributed by atoms with van der Waals surface area (Å²) < 4.78 is 49.0. The highest BCUT2D eigenvalue weighted by Gasteiger charge is 2.17.